The molecule has 0 fully saturated rings. The van der Waals surface area contributed by atoms with Gasteiger partial charge in [-0.3, -0.25) is 14.4 Å². The summed E-state index contributed by atoms with van der Waals surface area (Å²) in [5.41, 5.74) is 0. The zero-order valence-electron chi connectivity index (χ0n) is 45.5. The summed E-state index contributed by atoms with van der Waals surface area (Å²) in [6.45, 7) is 6.35. The summed E-state index contributed by atoms with van der Waals surface area (Å²) < 4.78 is 16.8. The molecule has 0 saturated carbocycles. The smallest absolute Gasteiger partial charge is 0.306 e. The number of carbonyl (C=O) groups excluding carboxylic acids is 3. The number of hydrogen-bond donors (Lipinski definition) is 0. The maximum absolute atomic E-state index is 12.9. The molecule has 0 rings (SSSR count). The average Bonchev–Trinajstić information content (AvgIpc) is 3.36. The second-order valence-electron chi connectivity index (χ2n) is 18.9. The maximum atomic E-state index is 12.9. The summed E-state index contributed by atoms with van der Waals surface area (Å²) in [7, 11) is 0. The van der Waals surface area contributed by atoms with Crippen molar-refractivity contribution in [3.8, 4) is 0 Å². The highest BCUT2D eigenvalue weighted by Crippen LogP contribution is 2.16. The average molecular weight is 972 g/mol. The number of allylic oxidation sites excluding steroid dienone is 18. The van der Waals surface area contributed by atoms with Crippen molar-refractivity contribution in [2.24, 2.45) is 0 Å². The lowest BCUT2D eigenvalue weighted by Gasteiger charge is -2.18. The monoisotopic (exact) mass is 971 g/mol. The van der Waals surface area contributed by atoms with E-state index < -0.39 is 6.10 Å². The van der Waals surface area contributed by atoms with Crippen LogP contribution < -0.4 is 0 Å². The summed E-state index contributed by atoms with van der Waals surface area (Å²) in [4.78, 5) is 38.2. The van der Waals surface area contributed by atoms with E-state index >= 15 is 0 Å². The second-order valence-corrected chi connectivity index (χ2v) is 18.9. The number of unbranched alkanes of at least 4 members (excludes halogenated alkanes) is 26. The van der Waals surface area contributed by atoms with Crippen LogP contribution in [0.3, 0.4) is 0 Å². The van der Waals surface area contributed by atoms with Gasteiger partial charge in [0.1, 0.15) is 13.2 Å². The first-order valence-corrected chi connectivity index (χ1v) is 29.0. The van der Waals surface area contributed by atoms with Gasteiger partial charge in [-0.1, -0.05) is 271 Å². The Hall–Kier alpha value is -3.93. The third-order valence-electron chi connectivity index (χ3n) is 12.2. The SMILES string of the molecule is CC\C=C/C=C\C=C/C=C\C=C/CCCCCC(=O)OCC(COC(=O)CCCCCCCC/C=C\C/C=C\C/C=C\C/C=C\CC)OC(=O)CCCCCCCCCCCCCCCCCCCC. The van der Waals surface area contributed by atoms with E-state index in [0.29, 0.717) is 19.3 Å². The van der Waals surface area contributed by atoms with E-state index in [1.54, 1.807) is 0 Å². The largest absolute Gasteiger partial charge is 0.462 e. The van der Waals surface area contributed by atoms with Crippen LogP contribution >= 0.6 is 0 Å². The highest BCUT2D eigenvalue weighted by atomic mass is 16.6. The van der Waals surface area contributed by atoms with E-state index in [9.17, 15) is 14.4 Å². The molecular formula is C64H106O6. The molecule has 0 aliphatic carbocycles. The minimum absolute atomic E-state index is 0.0994. The molecule has 398 valence electrons. The Morgan fingerprint density at radius 1 is 0.314 bits per heavy atom. The highest BCUT2D eigenvalue weighted by Gasteiger charge is 2.19. The minimum Gasteiger partial charge on any atom is -0.462 e. The Morgan fingerprint density at radius 2 is 0.629 bits per heavy atom. The molecule has 0 amide bonds. The standard InChI is InChI=1S/C64H106O6/c1-4-7-10-13-16-19-22-25-28-30-32-34-36-39-42-45-48-51-54-57-63(66)69-60-61(59-68-62(65)56-53-50-47-44-41-38-35-27-24-21-18-15-12-9-6-3)70-64(67)58-55-52-49-46-43-40-37-33-31-29-26-23-20-17-14-11-8-5-2/h7,9-10,12,15-16,18-19,21,24-25,27-28,32,34-35,38,41,61H,4-6,8,11,13-14,17,20,22-23,26,29-31,33,36-37,39-40,42-60H2,1-3H3/b10-7-,12-9-,18-15-,19-16-,24-21-,28-25-,34-32-,35-27-,41-38-. The third kappa shape index (κ3) is 55.0. The van der Waals surface area contributed by atoms with E-state index in [1.807, 2.05) is 48.6 Å². The quantitative estimate of drug-likeness (QED) is 0.0199. The number of carbonyl (C=O) groups is 3. The van der Waals surface area contributed by atoms with Gasteiger partial charge in [0.15, 0.2) is 6.10 Å². The summed E-state index contributed by atoms with van der Waals surface area (Å²) in [6, 6.07) is 0. The number of hydrogen-bond acceptors (Lipinski definition) is 6. The fraction of sp³-hybridized carbons (Fsp3) is 0.672. The van der Waals surface area contributed by atoms with E-state index in [-0.39, 0.29) is 31.1 Å². The lowest BCUT2D eigenvalue weighted by molar-refractivity contribution is -0.167. The van der Waals surface area contributed by atoms with Crippen LogP contribution in [-0.4, -0.2) is 37.2 Å². The Balaban J connectivity index is 4.46. The van der Waals surface area contributed by atoms with Gasteiger partial charge in [0.2, 0.25) is 0 Å². The predicted molar refractivity (Wildman–Crippen MR) is 302 cm³/mol. The Labute approximate surface area is 431 Å². The van der Waals surface area contributed by atoms with Gasteiger partial charge in [-0.2, -0.15) is 0 Å². The fourth-order valence-electron chi connectivity index (χ4n) is 7.87. The molecule has 1 atom stereocenters. The van der Waals surface area contributed by atoms with Crippen LogP contribution in [0.15, 0.2) is 109 Å². The van der Waals surface area contributed by atoms with Crippen molar-refractivity contribution in [1.29, 1.82) is 0 Å². The molecule has 0 N–H and O–H groups in total. The van der Waals surface area contributed by atoms with E-state index in [0.717, 1.165) is 109 Å². The number of esters is 3. The zero-order chi connectivity index (χ0) is 50.7. The van der Waals surface area contributed by atoms with Crippen molar-refractivity contribution < 1.29 is 28.6 Å². The number of ether oxygens (including phenoxy) is 3. The van der Waals surface area contributed by atoms with E-state index in [4.69, 9.17) is 14.2 Å². The first kappa shape index (κ1) is 66.1. The van der Waals surface area contributed by atoms with Gasteiger partial charge in [-0.05, 0) is 77.0 Å². The summed E-state index contributed by atoms with van der Waals surface area (Å²) in [6.07, 6.45) is 77.9. The molecule has 0 radical (unpaired) electrons. The molecule has 0 spiro atoms. The molecule has 0 heterocycles. The molecule has 0 aromatic carbocycles. The molecular weight excluding hydrogens is 865 g/mol. The van der Waals surface area contributed by atoms with Crippen LogP contribution in [-0.2, 0) is 28.6 Å². The van der Waals surface area contributed by atoms with Crippen LogP contribution in [0.4, 0.5) is 0 Å². The molecule has 0 aromatic rings. The lowest BCUT2D eigenvalue weighted by atomic mass is 10.0. The van der Waals surface area contributed by atoms with Gasteiger partial charge in [0.25, 0.3) is 0 Å². The second kappa shape index (κ2) is 57.6. The minimum atomic E-state index is -0.803. The van der Waals surface area contributed by atoms with Crippen LogP contribution in [0, 0.1) is 0 Å². The van der Waals surface area contributed by atoms with Crippen molar-refractivity contribution >= 4 is 17.9 Å². The maximum Gasteiger partial charge on any atom is 0.306 e. The summed E-state index contributed by atoms with van der Waals surface area (Å²) in [5.74, 6) is -0.950. The Morgan fingerprint density at radius 3 is 1.06 bits per heavy atom. The van der Waals surface area contributed by atoms with Crippen molar-refractivity contribution in [3.63, 3.8) is 0 Å². The first-order chi connectivity index (χ1) is 34.5. The van der Waals surface area contributed by atoms with Gasteiger partial charge in [-0.25, -0.2) is 0 Å². The molecule has 0 bridgehead atoms. The number of rotatable bonds is 51. The lowest BCUT2D eigenvalue weighted by Crippen LogP contribution is -2.30. The topological polar surface area (TPSA) is 78.9 Å². The summed E-state index contributed by atoms with van der Waals surface area (Å²) >= 11 is 0. The van der Waals surface area contributed by atoms with Crippen LogP contribution in [0.2, 0.25) is 0 Å². The van der Waals surface area contributed by atoms with Gasteiger partial charge in [-0.15, -0.1) is 0 Å². The van der Waals surface area contributed by atoms with Gasteiger partial charge in [0.05, 0.1) is 0 Å². The molecule has 0 aromatic heterocycles. The first-order valence-electron chi connectivity index (χ1n) is 29.0. The molecule has 0 aliphatic rings. The van der Waals surface area contributed by atoms with Crippen LogP contribution in [0.1, 0.15) is 258 Å². The Kier molecular flexibility index (Phi) is 54.4. The fourth-order valence-corrected chi connectivity index (χ4v) is 7.87. The van der Waals surface area contributed by atoms with Crippen molar-refractivity contribution in [1.82, 2.24) is 0 Å². The van der Waals surface area contributed by atoms with E-state index in [1.165, 1.54) is 109 Å². The Bertz CT molecular complexity index is 1440. The molecule has 0 saturated heterocycles. The van der Waals surface area contributed by atoms with Crippen LogP contribution in [0.5, 0.6) is 0 Å². The molecule has 6 heteroatoms. The zero-order valence-corrected chi connectivity index (χ0v) is 45.5. The van der Waals surface area contributed by atoms with Gasteiger partial charge < -0.3 is 14.2 Å². The molecule has 0 aliphatic heterocycles. The van der Waals surface area contributed by atoms with Crippen molar-refractivity contribution in [2.75, 3.05) is 13.2 Å². The highest BCUT2D eigenvalue weighted by molar-refractivity contribution is 5.71. The molecule has 1 unspecified atom stereocenters. The summed E-state index contributed by atoms with van der Waals surface area (Å²) in [5, 5.41) is 0. The predicted octanol–water partition coefficient (Wildman–Crippen LogP) is 19.5. The van der Waals surface area contributed by atoms with Gasteiger partial charge in [0, 0.05) is 19.3 Å². The van der Waals surface area contributed by atoms with Gasteiger partial charge >= 0.3 is 17.9 Å². The van der Waals surface area contributed by atoms with Crippen molar-refractivity contribution in [3.05, 3.63) is 109 Å². The van der Waals surface area contributed by atoms with Crippen molar-refractivity contribution in [2.45, 2.75) is 264 Å². The molecule has 70 heavy (non-hydrogen) atoms. The third-order valence-corrected chi connectivity index (χ3v) is 12.2. The normalized spacial score (nSPS) is 12.9. The van der Waals surface area contributed by atoms with Crippen LogP contribution in [0.25, 0.3) is 0 Å². The molecule has 6 nitrogen and oxygen atoms in total. The van der Waals surface area contributed by atoms with E-state index in [2.05, 4.69) is 81.5 Å².